The Morgan fingerprint density at radius 1 is 1.04 bits per heavy atom. The van der Waals surface area contributed by atoms with Crippen LogP contribution in [0.1, 0.15) is 68.5 Å². The van der Waals surface area contributed by atoms with E-state index in [9.17, 15) is 4.79 Å². The van der Waals surface area contributed by atoms with Crippen LogP contribution in [-0.2, 0) is 4.79 Å². The smallest absolute Gasteiger partial charge is 0.226 e. The third-order valence-electron chi connectivity index (χ3n) is 8.02. The standard InChI is InChI=1S/C24H34N2O/c1-17-4-6-21(7-5-17)22(26-8-2-3-9-26)16-25-23(27)24-13-18-10-19(14-24)12-20(11-18)15-24/h4-7,18-20,22H,2-3,8-16H2,1H3,(H,25,27). The Hall–Kier alpha value is -1.35. The lowest BCUT2D eigenvalue weighted by Gasteiger charge is -2.55. The predicted molar refractivity (Wildman–Crippen MR) is 108 cm³/mol. The number of rotatable bonds is 5. The number of hydrogen-bond acceptors (Lipinski definition) is 2. The minimum atomic E-state index is -0.0302. The van der Waals surface area contributed by atoms with Crippen molar-refractivity contribution in [2.45, 2.75) is 64.3 Å². The summed E-state index contributed by atoms with van der Waals surface area (Å²) in [6, 6.07) is 9.26. The number of nitrogens with one attached hydrogen (secondary N) is 1. The van der Waals surface area contributed by atoms with Crippen LogP contribution in [0.4, 0.5) is 0 Å². The van der Waals surface area contributed by atoms with E-state index in [1.54, 1.807) is 0 Å². The Morgan fingerprint density at radius 3 is 2.15 bits per heavy atom. The lowest BCUT2D eigenvalue weighted by Crippen LogP contribution is -2.54. The van der Waals surface area contributed by atoms with E-state index < -0.39 is 0 Å². The molecule has 5 fully saturated rings. The first-order valence-corrected chi connectivity index (χ1v) is 11.2. The van der Waals surface area contributed by atoms with Crippen LogP contribution < -0.4 is 5.32 Å². The van der Waals surface area contributed by atoms with Gasteiger partial charge in [0.2, 0.25) is 5.91 Å². The molecule has 1 aromatic rings. The summed E-state index contributed by atoms with van der Waals surface area (Å²) < 4.78 is 0. The van der Waals surface area contributed by atoms with Crippen LogP contribution in [0.25, 0.3) is 0 Å². The van der Waals surface area contributed by atoms with Crippen LogP contribution in [0.3, 0.4) is 0 Å². The molecule has 1 unspecified atom stereocenters. The number of hydrogen-bond donors (Lipinski definition) is 1. The summed E-state index contributed by atoms with van der Waals surface area (Å²) in [7, 11) is 0. The van der Waals surface area contributed by atoms with Crippen LogP contribution in [0, 0.1) is 30.1 Å². The summed E-state index contributed by atoms with van der Waals surface area (Å²) in [6.07, 6.45) is 10.2. The number of likely N-dealkylation sites (tertiary alicyclic amines) is 1. The fourth-order valence-corrected chi connectivity index (χ4v) is 7.07. The van der Waals surface area contributed by atoms with Gasteiger partial charge in [0.15, 0.2) is 0 Å². The highest BCUT2D eigenvalue weighted by Gasteiger charge is 2.54. The molecular formula is C24H34N2O. The highest BCUT2D eigenvalue weighted by molar-refractivity contribution is 5.83. The van der Waals surface area contributed by atoms with Gasteiger partial charge in [0, 0.05) is 12.0 Å². The zero-order valence-corrected chi connectivity index (χ0v) is 16.8. The summed E-state index contributed by atoms with van der Waals surface area (Å²) in [6.45, 7) is 5.23. The Kier molecular flexibility index (Phi) is 4.54. The van der Waals surface area contributed by atoms with Crippen molar-refractivity contribution in [3.63, 3.8) is 0 Å². The lowest BCUT2D eigenvalue weighted by atomic mass is 9.49. The van der Waals surface area contributed by atoms with Gasteiger partial charge >= 0.3 is 0 Å². The summed E-state index contributed by atoms with van der Waals surface area (Å²) in [4.78, 5) is 15.9. The first kappa shape index (κ1) is 17.7. The largest absolute Gasteiger partial charge is 0.354 e. The minimum absolute atomic E-state index is 0.0302. The second-order valence-electron chi connectivity index (χ2n) is 10.1. The maximum absolute atomic E-state index is 13.4. The van der Waals surface area contributed by atoms with Crippen molar-refractivity contribution in [3.05, 3.63) is 35.4 Å². The number of aryl methyl sites for hydroxylation is 1. The second kappa shape index (κ2) is 6.92. The molecule has 4 saturated carbocycles. The zero-order valence-electron chi connectivity index (χ0n) is 16.8. The molecule has 146 valence electrons. The number of carbonyl (C=O) groups is 1. The van der Waals surface area contributed by atoms with Crippen molar-refractivity contribution in [1.82, 2.24) is 10.2 Å². The van der Waals surface area contributed by atoms with Gasteiger partial charge in [0.05, 0.1) is 6.04 Å². The molecule has 1 N–H and O–H groups in total. The molecule has 0 spiro atoms. The van der Waals surface area contributed by atoms with E-state index in [0.717, 1.165) is 56.7 Å². The molecule has 0 aromatic heterocycles. The Morgan fingerprint density at radius 2 is 1.59 bits per heavy atom. The fraction of sp³-hybridized carbons (Fsp3) is 0.708. The van der Waals surface area contributed by atoms with E-state index in [1.807, 2.05) is 0 Å². The number of carbonyl (C=O) groups excluding carboxylic acids is 1. The Balaban J connectivity index is 1.30. The van der Waals surface area contributed by atoms with Gasteiger partial charge in [-0.3, -0.25) is 9.69 Å². The molecule has 27 heavy (non-hydrogen) atoms. The monoisotopic (exact) mass is 366 g/mol. The molecule has 3 nitrogen and oxygen atoms in total. The lowest BCUT2D eigenvalue weighted by molar-refractivity contribution is -0.146. The summed E-state index contributed by atoms with van der Waals surface area (Å²) in [5, 5.41) is 3.45. The average Bonchev–Trinajstić information content (AvgIpc) is 3.16. The first-order chi connectivity index (χ1) is 13.1. The highest BCUT2D eigenvalue weighted by atomic mass is 16.2. The van der Waals surface area contributed by atoms with E-state index in [0.29, 0.717) is 11.9 Å². The molecule has 1 atom stereocenters. The Bertz CT molecular complexity index is 654. The van der Waals surface area contributed by atoms with Gasteiger partial charge < -0.3 is 5.32 Å². The molecule has 4 bridgehead atoms. The number of nitrogens with zero attached hydrogens (tertiary/aromatic N) is 1. The van der Waals surface area contributed by atoms with Crippen LogP contribution >= 0.6 is 0 Å². The molecule has 1 heterocycles. The van der Waals surface area contributed by atoms with Crippen molar-refractivity contribution in [1.29, 1.82) is 0 Å². The van der Waals surface area contributed by atoms with Gasteiger partial charge in [0.25, 0.3) is 0 Å². The first-order valence-electron chi connectivity index (χ1n) is 11.2. The molecule has 1 aliphatic heterocycles. The van der Waals surface area contributed by atoms with Crippen molar-refractivity contribution >= 4 is 5.91 Å². The van der Waals surface area contributed by atoms with E-state index in [4.69, 9.17) is 0 Å². The molecule has 1 saturated heterocycles. The van der Waals surface area contributed by atoms with Gasteiger partial charge in [-0.25, -0.2) is 0 Å². The van der Waals surface area contributed by atoms with Crippen LogP contribution in [0.2, 0.25) is 0 Å². The molecule has 3 heteroatoms. The van der Waals surface area contributed by atoms with Crippen molar-refractivity contribution in [2.24, 2.45) is 23.2 Å². The van der Waals surface area contributed by atoms with E-state index in [-0.39, 0.29) is 5.41 Å². The SMILES string of the molecule is Cc1ccc(C(CNC(=O)C23CC4CC(CC(C4)C2)C3)N2CCCC2)cc1. The minimum Gasteiger partial charge on any atom is -0.354 e. The van der Waals surface area contributed by atoms with E-state index >= 15 is 0 Å². The average molecular weight is 367 g/mol. The quantitative estimate of drug-likeness (QED) is 0.834. The van der Waals surface area contributed by atoms with Gasteiger partial charge in [-0.1, -0.05) is 29.8 Å². The maximum atomic E-state index is 13.4. The molecule has 6 rings (SSSR count). The summed E-state index contributed by atoms with van der Waals surface area (Å²) in [5.41, 5.74) is 2.63. The van der Waals surface area contributed by atoms with Gasteiger partial charge in [-0.2, -0.15) is 0 Å². The van der Waals surface area contributed by atoms with Crippen molar-refractivity contribution in [2.75, 3.05) is 19.6 Å². The molecule has 4 aliphatic carbocycles. The van der Waals surface area contributed by atoms with Crippen LogP contribution in [-0.4, -0.2) is 30.4 Å². The molecular weight excluding hydrogens is 332 g/mol. The number of amides is 1. The zero-order chi connectivity index (χ0) is 18.4. The van der Waals surface area contributed by atoms with E-state index in [1.165, 1.54) is 43.2 Å². The maximum Gasteiger partial charge on any atom is 0.226 e. The Labute approximate surface area is 163 Å². The van der Waals surface area contributed by atoms with Crippen LogP contribution in [0.5, 0.6) is 0 Å². The van der Waals surface area contributed by atoms with Crippen LogP contribution in [0.15, 0.2) is 24.3 Å². The van der Waals surface area contributed by atoms with Crippen molar-refractivity contribution in [3.8, 4) is 0 Å². The fourth-order valence-electron chi connectivity index (χ4n) is 7.07. The molecule has 1 amide bonds. The third kappa shape index (κ3) is 3.33. The normalized spacial score (nSPS) is 36.1. The topological polar surface area (TPSA) is 32.3 Å². The van der Waals surface area contributed by atoms with Crippen molar-refractivity contribution < 1.29 is 4.79 Å². The molecule has 0 radical (unpaired) electrons. The van der Waals surface area contributed by atoms with Gasteiger partial charge in [0.1, 0.15) is 0 Å². The summed E-state index contributed by atoms with van der Waals surface area (Å²) in [5.74, 6) is 2.85. The third-order valence-corrected chi connectivity index (χ3v) is 8.02. The second-order valence-corrected chi connectivity index (χ2v) is 10.1. The highest BCUT2D eigenvalue weighted by Crippen LogP contribution is 2.60. The predicted octanol–water partition coefficient (Wildman–Crippen LogP) is 4.46. The van der Waals surface area contributed by atoms with E-state index in [2.05, 4.69) is 41.4 Å². The molecule has 5 aliphatic rings. The summed E-state index contributed by atoms with van der Waals surface area (Å²) >= 11 is 0. The van der Waals surface area contributed by atoms with Gasteiger partial charge in [-0.15, -0.1) is 0 Å². The molecule has 1 aromatic carbocycles. The van der Waals surface area contributed by atoms with Gasteiger partial charge in [-0.05, 0) is 94.7 Å². The number of benzene rings is 1.